The number of alkyl halides is 3. The number of aliphatic hydroxyl groups is 1. The largest absolute Gasteiger partial charge is 0.457 e. The molecule has 0 aromatic rings. The number of rotatable bonds is 1. The summed E-state index contributed by atoms with van der Waals surface area (Å²) >= 11 is 0. The van der Waals surface area contributed by atoms with E-state index >= 15 is 0 Å². The molecule has 0 aromatic heterocycles. The van der Waals surface area contributed by atoms with Crippen molar-refractivity contribution >= 4 is 5.78 Å². The average molecular weight is 364 g/mol. The van der Waals surface area contributed by atoms with Gasteiger partial charge in [0.05, 0.1) is 6.61 Å². The second-order valence-corrected chi connectivity index (χ2v) is 8.18. The zero-order chi connectivity index (χ0) is 18.5. The van der Waals surface area contributed by atoms with Gasteiger partial charge in [0.25, 0.3) is 0 Å². The molecule has 5 heteroatoms. The van der Waals surface area contributed by atoms with Crippen LogP contribution in [0.4, 0.5) is 13.2 Å². The summed E-state index contributed by atoms with van der Waals surface area (Å²) in [4.78, 5) is 11.7. The van der Waals surface area contributed by atoms with Gasteiger partial charge >= 0.3 is 6.18 Å². The van der Waals surface area contributed by atoms with Gasteiger partial charge in [0.15, 0.2) is 5.78 Å². The molecule has 26 heavy (non-hydrogen) atoms. The molecule has 0 bridgehead atoms. The Bertz CT molecular complexity index is 749. The number of aliphatic hydroxyl groups excluding tert-OH is 1. The SMILES string of the molecule is O=C1C=C2CC[C@@H]3C(=C2CC1)CC[C@]1(CO)C(C#CC(F)(F)F)CC[C@@H]31. The molecular weight excluding hydrogens is 341 g/mol. The predicted octanol–water partition coefficient (Wildman–Crippen LogP) is 4.35. The molecule has 4 aliphatic carbocycles. The highest BCUT2D eigenvalue weighted by molar-refractivity contribution is 5.93. The average Bonchev–Trinajstić information content (AvgIpc) is 2.98. The minimum atomic E-state index is -4.48. The summed E-state index contributed by atoms with van der Waals surface area (Å²) in [5, 5.41) is 10.2. The summed E-state index contributed by atoms with van der Waals surface area (Å²) in [6.45, 7) is -0.0881. The van der Waals surface area contributed by atoms with Crippen LogP contribution in [0.1, 0.15) is 51.4 Å². The number of fused-ring (bicyclic) bond motifs is 4. The highest BCUT2D eigenvalue weighted by Gasteiger charge is 2.55. The van der Waals surface area contributed by atoms with Gasteiger partial charge in [0.1, 0.15) is 0 Å². The molecule has 0 amide bonds. The molecule has 0 saturated heterocycles. The first-order chi connectivity index (χ1) is 12.3. The van der Waals surface area contributed by atoms with Crippen molar-refractivity contribution in [3.63, 3.8) is 0 Å². The number of hydrogen-bond donors (Lipinski definition) is 1. The summed E-state index contributed by atoms with van der Waals surface area (Å²) in [5.74, 6) is 4.27. The van der Waals surface area contributed by atoms with Gasteiger partial charge in [0.2, 0.25) is 0 Å². The van der Waals surface area contributed by atoms with Gasteiger partial charge in [-0.2, -0.15) is 13.2 Å². The summed E-state index contributed by atoms with van der Waals surface area (Å²) in [5.41, 5.74) is 3.42. The summed E-state index contributed by atoms with van der Waals surface area (Å²) < 4.78 is 37.7. The molecule has 0 aromatic carbocycles. The maximum Gasteiger partial charge on any atom is 0.457 e. The summed E-state index contributed by atoms with van der Waals surface area (Å²) in [6, 6.07) is 0. The van der Waals surface area contributed by atoms with E-state index in [9.17, 15) is 23.1 Å². The molecule has 0 radical (unpaired) electrons. The first-order valence-corrected chi connectivity index (χ1v) is 9.50. The smallest absolute Gasteiger partial charge is 0.396 e. The van der Waals surface area contributed by atoms with Crippen molar-refractivity contribution in [2.24, 2.45) is 23.2 Å². The molecule has 4 rings (SSSR count). The Balaban J connectivity index is 1.67. The van der Waals surface area contributed by atoms with Crippen molar-refractivity contribution in [2.75, 3.05) is 6.61 Å². The number of carbonyl (C=O) groups is 1. The van der Waals surface area contributed by atoms with Crippen LogP contribution in [0.5, 0.6) is 0 Å². The molecule has 140 valence electrons. The first-order valence-electron chi connectivity index (χ1n) is 9.50. The summed E-state index contributed by atoms with van der Waals surface area (Å²) in [6.07, 6.45) is 3.45. The van der Waals surface area contributed by atoms with Crippen LogP contribution < -0.4 is 0 Å². The lowest BCUT2D eigenvalue weighted by Crippen LogP contribution is -2.44. The van der Waals surface area contributed by atoms with Crippen molar-refractivity contribution in [1.82, 2.24) is 0 Å². The Morgan fingerprint density at radius 1 is 1.15 bits per heavy atom. The molecule has 4 aliphatic rings. The highest BCUT2D eigenvalue weighted by Crippen LogP contribution is 2.62. The van der Waals surface area contributed by atoms with Crippen molar-refractivity contribution in [3.05, 3.63) is 22.8 Å². The van der Waals surface area contributed by atoms with E-state index in [4.69, 9.17) is 0 Å². The lowest BCUT2D eigenvalue weighted by Gasteiger charge is -2.49. The van der Waals surface area contributed by atoms with Crippen LogP contribution in [0.15, 0.2) is 22.8 Å². The van der Waals surface area contributed by atoms with Gasteiger partial charge in [-0.15, -0.1) is 0 Å². The normalized spacial score (nSPS) is 36.5. The van der Waals surface area contributed by atoms with E-state index in [2.05, 4.69) is 5.92 Å². The molecular formula is C21H23F3O2. The van der Waals surface area contributed by atoms with E-state index < -0.39 is 11.6 Å². The Morgan fingerprint density at radius 3 is 2.69 bits per heavy atom. The van der Waals surface area contributed by atoms with Gasteiger partial charge in [-0.05, 0) is 74.0 Å². The molecule has 0 heterocycles. The van der Waals surface area contributed by atoms with Crippen molar-refractivity contribution < 1.29 is 23.1 Å². The fraction of sp³-hybridized carbons (Fsp3) is 0.667. The third-order valence-corrected chi connectivity index (χ3v) is 7.13. The van der Waals surface area contributed by atoms with Crippen LogP contribution in [0.25, 0.3) is 0 Å². The lowest BCUT2D eigenvalue weighted by molar-refractivity contribution is -0.114. The molecule has 4 atom stereocenters. The molecule has 2 fully saturated rings. The zero-order valence-electron chi connectivity index (χ0n) is 14.7. The van der Waals surface area contributed by atoms with Crippen LogP contribution in [-0.2, 0) is 4.79 Å². The van der Waals surface area contributed by atoms with Gasteiger partial charge in [-0.25, -0.2) is 0 Å². The number of halogens is 3. The van der Waals surface area contributed by atoms with Crippen LogP contribution in [-0.4, -0.2) is 23.7 Å². The first kappa shape index (κ1) is 17.9. The second kappa shape index (κ2) is 6.27. The van der Waals surface area contributed by atoms with E-state index in [1.54, 1.807) is 6.08 Å². The van der Waals surface area contributed by atoms with Crippen molar-refractivity contribution in [2.45, 2.75) is 57.5 Å². The number of ketones is 1. The van der Waals surface area contributed by atoms with Gasteiger partial charge in [0, 0.05) is 23.7 Å². The standard InChI is InChI=1S/C21H23F3O2/c22-21(23,24)10-7-14-2-6-19-18-4-1-13-11-15(26)3-5-16(13)17(18)8-9-20(14,19)12-25/h11,14,18-19,25H,1-6,8-9,12H2/t14?,18-,19+,20+/m1/s1. The molecule has 0 aliphatic heterocycles. The van der Waals surface area contributed by atoms with Crippen LogP contribution in [0, 0.1) is 35.0 Å². The quantitative estimate of drug-likeness (QED) is 0.703. The molecule has 1 unspecified atom stereocenters. The number of hydrogen-bond acceptors (Lipinski definition) is 2. The summed E-state index contributed by atoms with van der Waals surface area (Å²) in [7, 11) is 0. The maximum absolute atomic E-state index is 12.6. The van der Waals surface area contributed by atoms with Crippen molar-refractivity contribution in [1.29, 1.82) is 0 Å². The van der Waals surface area contributed by atoms with E-state index in [1.165, 1.54) is 22.6 Å². The molecule has 2 saturated carbocycles. The predicted molar refractivity (Wildman–Crippen MR) is 90.9 cm³/mol. The van der Waals surface area contributed by atoms with Crippen molar-refractivity contribution in [3.8, 4) is 11.8 Å². The van der Waals surface area contributed by atoms with Crippen LogP contribution >= 0.6 is 0 Å². The lowest BCUT2D eigenvalue weighted by atomic mass is 9.55. The zero-order valence-corrected chi connectivity index (χ0v) is 14.7. The fourth-order valence-corrected chi connectivity index (χ4v) is 6.04. The molecule has 1 N–H and O–H groups in total. The molecule has 2 nitrogen and oxygen atoms in total. The minimum Gasteiger partial charge on any atom is -0.396 e. The number of allylic oxidation sites excluding steroid dienone is 4. The monoisotopic (exact) mass is 364 g/mol. The second-order valence-electron chi connectivity index (χ2n) is 8.18. The number of carbonyl (C=O) groups excluding carboxylic acids is 1. The van der Waals surface area contributed by atoms with Gasteiger partial charge < -0.3 is 5.11 Å². The van der Waals surface area contributed by atoms with Crippen LogP contribution in [0.3, 0.4) is 0 Å². The van der Waals surface area contributed by atoms with E-state index in [1.807, 2.05) is 0 Å². The third-order valence-electron chi connectivity index (χ3n) is 7.13. The Labute approximate surface area is 151 Å². The Hall–Kier alpha value is -1.54. The molecule has 0 spiro atoms. The fourth-order valence-electron chi connectivity index (χ4n) is 6.04. The van der Waals surface area contributed by atoms with Gasteiger partial charge in [-0.3, -0.25) is 4.79 Å². The van der Waals surface area contributed by atoms with Crippen LogP contribution in [0.2, 0.25) is 0 Å². The Morgan fingerprint density at radius 2 is 1.96 bits per heavy atom. The van der Waals surface area contributed by atoms with E-state index in [-0.39, 0.29) is 24.2 Å². The van der Waals surface area contributed by atoms with Gasteiger partial charge in [-0.1, -0.05) is 11.5 Å². The highest BCUT2D eigenvalue weighted by atomic mass is 19.4. The maximum atomic E-state index is 12.6. The third kappa shape index (κ3) is 2.83. The Kier molecular flexibility index (Phi) is 4.30. The van der Waals surface area contributed by atoms with E-state index in [0.29, 0.717) is 25.2 Å². The topological polar surface area (TPSA) is 37.3 Å². The van der Waals surface area contributed by atoms with E-state index in [0.717, 1.165) is 32.1 Å². The minimum absolute atomic E-state index is 0.0881.